The molecule has 34 heavy (non-hydrogen) atoms. The van der Waals surface area contributed by atoms with Crippen LogP contribution in [0.4, 0.5) is 5.82 Å². The van der Waals surface area contributed by atoms with Gasteiger partial charge in [0.05, 0.1) is 18.1 Å². The van der Waals surface area contributed by atoms with Crippen molar-refractivity contribution in [3.63, 3.8) is 0 Å². The second kappa shape index (κ2) is 10.3. The Morgan fingerprint density at radius 1 is 1.18 bits per heavy atom. The molecule has 3 aromatic heterocycles. The molecule has 0 saturated carbocycles. The molecule has 4 rings (SSSR count). The first-order valence-electron chi connectivity index (χ1n) is 11.6. The Labute approximate surface area is 206 Å². The minimum Gasteiger partial charge on any atom is -0.360 e. The number of hydrogen-bond donors (Lipinski definition) is 0. The van der Waals surface area contributed by atoms with Crippen molar-refractivity contribution in [1.29, 1.82) is 0 Å². The first kappa shape index (κ1) is 24.5. The quantitative estimate of drug-likeness (QED) is 0.243. The van der Waals surface area contributed by atoms with E-state index in [0.717, 1.165) is 34.8 Å². The van der Waals surface area contributed by atoms with Crippen molar-refractivity contribution in [2.24, 2.45) is 5.92 Å². The van der Waals surface area contributed by atoms with E-state index in [0.29, 0.717) is 37.3 Å². The number of amides is 1. The van der Waals surface area contributed by atoms with Crippen LogP contribution in [0.15, 0.2) is 36.8 Å². The van der Waals surface area contributed by atoms with Crippen LogP contribution in [0.2, 0.25) is 30.8 Å². The van der Waals surface area contributed by atoms with Crippen LogP contribution in [-0.2, 0) is 22.7 Å². The second-order valence-electron chi connectivity index (χ2n) is 9.99. The largest absolute Gasteiger partial charge is 0.360 e. The number of rotatable bonds is 9. The Morgan fingerprint density at radius 2 is 1.97 bits per heavy atom. The fourth-order valence-electron chi connectivity index (χ4n) is 4.00. The van der Waals surface area contributed by atoms with Crippen molar-refractivity contribution < 1.29 is 9.53 Å². The van der Waals surface area contributed by atoms with E-state index < -0.39 is 8.07 Å². The maximum absolute atomic E-state index is 13.3. The zero-order chi connectivity index (χ0) is 24.3. The first-order chi connectivity index (χ1) is 16.2. The number of aromatic nitrogens is 5. The highest BCUT2D eigenvalue weighted by atomic mass is 35.5. The van der Waals surface area contributed by atoms with Crippen molar-refractivity contribution in [3.8, 4) is 11.3 Å². The number of hydrogen-bond acceptors (Lipinski definition) is 6. The number of carbonyl (C=O) groups is 1. The molecule has 0 bridgehead atoms. The fourth-order valence-corrected chi connectivity index (χ4v) is 4.87. The molecule has 0 N–H and O–H groups in total. The normalized spacial score (nSPS) is 16.4. The summed E-state index contributed by atoms with van der Waals surface area (Å²) in [6, 6.07) is 6.72. The number of aryl methyl sites for hydroxylation is 1. The zero-order valence-electron chi connectivity index (χ0n) is 20.2. The van der Waals surface area contributed by atoms with Crippen molar-refractivity contribution in [1.82, 2.24) is 25.0 Å². The van der Waals surface area contributed by atoms with E-state index in [9.17, 15) is 4.79 Å². The van der Waals surface area contributed by atoms with Crippen LogP contribution in [0.1, 0.15) is 17.5 Å². The van der Waals surface area contributed by atoms with Crippen molar-refractivity contribution in [2.45, 2.75) is 52.2 Å². The van der Waals surface area contributed by atoms with E-state index >= 15 is 0 Å². The molecule has 1 fully saturated rings. The maximum atomic E-state index is 13.3. The summed E-state index contributed by atoms with van der Waals surface area (Å²) in [6.07, 6.45) is 6.61. The summed E-state index contributed by atoms with van der Waals surface area (Å²) in [5.41, 5.74) is 3.79. The Morgan fingerprint density at radius 3 is 2.68 bits per heavy atom. The van der Waals surface area contributed by atoms with Gasteiger partial charge in [0.2, 0.25) is 5.91 Å². The number of carbonyl (C=O) groups excluding carboxylic acids is 1. The van der Waals surface area contributed by atoms with E-state index in [4.69, 9.17) is 21.4 Å². The third kappa shape index (κ3) is 5.89. The summed E-state index contributed by atoms with van der Waals surface area (Å²) in [5, 5.41) is 13.3. The summed E-state index contributed by atoms with van der Waals surface area (Å²) < 4.78 is 7.81. The molecule has 0 aliphatic carbocycles. The van der Waals surface area contributed by atoms with Crippen LogP contribution in [0.3, 0.4) is 0 Å². The molecule has 1 saturated heterocycles. The van der Waals surface area contributed by atoms with E-state index in [-0.39, 0.29) is 11.8 Å². The molecule has 1 unspecified atom stereocenters. The number of nitrogens with zero attached hydrogens (tertiary/aromatic N) is 6. The molecular formula is C24H31ClN6O2Si. The summed E-state index contributed by atoms with van der Waals surface area (Å²) in [5.74, 6) is 0.617. The summed E-state index contributed by atoms with van der Waals surface area (Å²) in [6.45, 7) is 10.6. The topological polar surface area (TPSA) is 86.0 Å². The van der Waals surface area contributed by atoms with Crippen molar-refractivity contribution in [2.75, 3.05) is 18.1 Å². The predicted octanol–water partition coefficient (Wildman–Crippen LogP) is 4.60. The van der Waals surface area contributed by atoms with E-state index in [1.54, 1.807) is 29.6 Å². The lowest BCUT2D eigenvalue weighted by Crippen LogP contribution is -2.28. The summed E-state index contributed by atoms with van der Waals surface area (Å²) in [7, 11) is -1.19. The van der Waals surface area contributed by atoms with Gasteiger partial charge >= 0.3 is 0 Å². The molecule has 8 nitrogen and oxygen atoms in total. The van der Waals surface area contributed by atoms with Gasteiger partial charge in [-0.3, -0.25) is 9.69 Å². The van der Waals surface area contributed by atoms with E-state index in [1.807, 2.05) is 23.7 Å². The van der Waals surface area contributed by atoms with E-state index in [2.05, 4.69) is 34.8 Å². The molecule has 10 heteroatoms. The van der Waals surface area contributed by atoms with Gasteiger partial charge in [-0.05, 0) is 43.0 Å². The molecular weight excluding hydrogens is 468 g/mol. The molecule has 0 spiro atoms. The Balaban J connectivity index is 1.53. The highest BCUT2D eigenvalue weighted by molar-refractivity contribution is 6.76. The molecule has 180 valence electrons. The first-order valence-corrected chi connectivity index (χ1v) is 15.6. The average molecular weight is 499 g/mol. The molecule has 3 aromatic rings. The van der Waals surface area contributed by atoms with Crippen molar-refractivity contribution >= 4 is 31.4 Å². The Bertz CT molecular complexity index is 1150. The van der Waals surface area contributed by atoms with Gasteiger partial charge in [-0.15, -0.1) is 0 Å². The lowest BCUT2D eigenvalue weighted by atomic mass is 9.99. The molecule has 4 heterocycles. The number of pyridine rings is 1. The lowest BCUT2D eigenvalue weighted by molar-refractivity contribution is -0.120. The fraction of sp³-hybridized carbons (Fsp3) is 0.458. The Hall–Kier alpha value is -2.62. The van der Waals surface area contributed by atoms with Gasteiger partial charge < -0.3 is 4.74 Å². The van der Waals surface area contributed by atoms with Crippen LogP contribution >= 0.6 is 11.6 Å². The second-order valence-corrected chi connectivity index (χ2v) is 16.0. The van der Waals surface area contributed by atoms with Gasteiger partial charge in [0, 0.05) is 45.0 Å². The molecule has 1 amide bonds. The lowest BCUT2D eigenvalue weighted by Gasteiger charge is -2.16. The number of ether oxygens (including phenoxy) is 1. The third-order valence-electron chi connectivity index (χ3n) is 6.05. The molecule has 1 aliphatic rings. The van der Waals surface area contributed by atoms with Crippen molar-refractivity contribution in [3.05, 3.63) is 53.1 Å². The predicted molar refractivity (Wildman–Crippen MR) is 136 cm³/mol. The monoisotopic (exact) mass is 498 g/mol. The molecule has 0 radical (unpaired) electrons. The minimum atomic E-state index is -1.19. The highest BCUT2D eigenvalue weighted by Gasteiger charge is 2.34. The van der Waals surface area contributed by atoms with E-state index in [1.165, 1.54) is 0 Å². The third-order valence-corrected chi connectivity index (χ3v) is 7.97. The van der Waals surface area contributed by atoms with Crippen LogP contribution in [0, 0.1) is 12.8 Å². The van der Waals surface area contributed by atoms with Gasteiger partial charge in [0.25, 0.3) is 0 Å². The molecule has 1 atom stereocenters. The van der Waals surface area contributed by atoms with Crippen LogP contribution in [0.25, 0.3) is 11.3 Å². The Kier molecular flexibility index (Phi) is 7.44. The maximum Gasteiger partial charge on any atom is 0.231 e. The number of anilines is 1. The van der Waals surface area contributed by atoms with Gasteiger partial charge in [-0.25, -0.2) is 9.67 Å². The molecule has 0 aromatic carbocycles. The smallest absolute Gasteiger partial charge is 0.231 e. The summed E-state index contributed by atoms with van der Waals surface area (Å²) >= 11 is 5.89. The van der Waals surface area contributed by atoms with Gasteiger partial charge in [-0.2, -0.15) is 15.3 Å². The van der Waals surface area contributed by atoms with Crippen LogP contribution in [0.5, 0.6) is 0 Å². The zero-order valence-corrected chi connectivity index (χ0v) is 21.9. The highest BCUT2D eigenvalue weighted by Crippen LogP contribution is 2.31. The van der Waals surface area contributed by atoms with Gasteiger partial charge in [0.15, 0.2) is 5.82 Å². The summed E-state index contributed by atoms with van der Waals surface area (Å²) in [4.78, 5) is 19.2. The molecule has 1 aliphatic heterocycles. The van der Waals surface area contributed by atoms with Crippen LogP contribution < -0.4 is 4.90 Å². The standard InChI is InChI=1S/C24H31ClN6O2Si/c1-17-13-27-28-15-20(17)21-12-23(29-31(21)16-33-9-10-34(2,3)4)30-8-7-19(24(30)32)11-18-5-6-22(25)26-14-18/h5-6,12-15,19H,7-11,16H2,1-4H3. The minimum absolute atomic E-state index is 0.0791. The van der Waals surface area contributed by atoms with Gasteiger partial charge in [0.1, 0.15) is 11.9 Å². The average Bonchev–Trinajstić information content (AvgIpc) is 3.36. The SMILES string of the molecule is Cc1cnncc1-c1cc(N2CCC(Cc3ccc(Cl)nc3)C2=O)nn1COCC[Si](C)(C)C. The van der Waals surface area contributed by atoms with Crippen LogP contribution in [-0.4, -0.2) is 52.1 Å². The van der Waals surface area contributed by atoms with Gasteiger partial charge in [-0.1, -0.05) is 37.3 Å². The number of halogens is 1.